The summed E-state index contributed by atoms with van der Waals surface area (Å²) in [7, 11) is 0. The lowest BCUT2D eigenvalue weighted by atomic mass is 10.1. The summed E-state index contributed by atoms with van der Waals surface area (Å²) in [6.07, 6.45) is 3.41. The minimum atomic E-state index is -0.298. The molecule has 0 unspecified atom stereocenters. The van der Waals surface area contributed by atoms with Crippen LogP contribution >= 0.6 is 0 Å². The molecule has 1 saturated heterocycles. The molecule has 0 radical (unpaired) electrons. The first-order valence-corrected chi connectivity index (χ1v) is 8.00. The number of amides is 1. The number of carbonyl (C=O) groups excluding carboxylic acids is 1. The molecule has 1 N–H and O–H groups in total. The normalized spacial score (nSPS) is 19.7. The van der Waals surface area contributed by atoms with Crippen LogP contribution in [-0.4, -0.2) is 41.2 Å². The molecule has 1 aliphatic rings. The third-order valence-corrected chi connectivity index (χ3v) is 3.93. The van der Waals surface area contributed by atoms with E-state index in [0.29, 0.717) is 30.9 Å². The molecule has 1 aliphatic heterocycles. The van der Waals surface area contributed by atoms with Crippen molar-refractivity contribution in [3.8, 4) is 11.8 Å². The van der Waals surface area contributed by atoms with E-state index in [1.807, 2.05) is 25.1 Å². The van der Waals surface area contributed by atoms with Crippen LogP contribution in [0.2, 0.25) is 0 Å². The summed E-state index contributed by atoms with van der Waals surface area (Å²) in [6.45, 7) is 2.86. The predicted molar refractivity (Wildman–Crippen MR) is 89.0 cm³/mol. The zero-order valence-corrected chi connectivity index (χ0v) is 13.8. The van der Waals surface area contributed by atoms with Crippen LogP contribution in [0.5, 0.6) is 5.75 Å². The summed E-state index contributed by atoms with van der Waals surface area (Å²) in [6, 6.07) is 8.56. The van der Waals surface area contributed by atoms with Crippen LogP contribution in [0.4, 0.5) is 0 Å². The Morgan fingerprint density at radius 2 is 2.20 bits per heavy atom. The van der Waals surface area contributed by atoms with E-state index < -0.39 is 0 Å². The molecule has 3 heterocycles. The van der Waals surface area contributed by atoms with E-state index in [2.05, 4.69) is 15.3 Å². The number of ether oxygens (including phenoxy) is 2. The zero-order valence-electron chi connectivity index (χ0n) is 13.8. The summed E-state index contributed by atoms with van der Waals surface area (Å²) in [5, 5.41) is 11.7. The first-order valence-electron chi connectivity index (χ1n) is 8.00. The number of nitrogens with zero attached hydrogens (tertiary/aromatic N) is 3. The van der Waals surface area contributed by atoms with Crippen molar-refractivity contribution < 1.29 is 14.3 Å². The lowest BCUT2D eigenvalue weighted by Crippen LogP contribution is -2.51. The van der Waals surface area contributed by atoms with Gasteiger partial charge in [-0.05, 0) is 37.6 Å². The van der Waals surface area contributed by atoms with Crippen molar-refractivity contribution in [2.24, 2.45) is 0 Å². The van der Waals surface area contributed by atoms with Gasteiger partial charge in [0.1, 0.15) is 23.6 Å². The fourth-order valence-corrected chi connectivity index (χ4v) is 2.54. The Kier molecular flexibility index (Phi) is 5.21. The summed E-state index contributed by atoms with van der Waals surface area (Å²) < 4.78 is 11.4. The largest absolute Gasteiger partial charge is 0.484 e. The first-order chi connectivity index (χ1) is 12.2. The van der Waals surface area contributed by atoms with Crippen LogP contribution in [-0.2, 0) is 4.74 Å². The highest BCUT2D eigenvalue weighted by Crippen LogP contribution is 2.17. The van der Waals surface area contributed by atoms with Gasteiger partial charge in [-0.2, -0.15) is 5.26 Å². The van der Waals surface area contributed by atoms with Gasteiger partial charge in [-0.25, -0.2) is 4.98 Å². The second-order valence-corrected chi connectivity index (χ2v) is 5.78. The van der Waals surface area contributed by atoms with Crippen LogP contribution in [0.15, 0.2) is 36.7 Å². The van der Waals surface area contributed by atoms with Gasteiger partial charge in [0.25, 0.3) is 5.91 Å². The number of carbonyl (C=O) groups is 1. The maximum Gasteiger partial charge on any atom is 0.253 e. The van der Waals surface area contributed by atoms with Crippen molar-refractivity contribution in [2.45, 2.75) is 25.5 Å². The van der Waals surface area contributed by atoms with Gasteiger partial charge in [0.2, 0.25) is 0 Å². The van der Waals surface area contributed by atoms with E-state index in [0.717, 1.165) is 5.69 Å². The van der Waals surface area contributed by atoms with Crippen LogP contribution in [0.25, 0.3) is 0 Å². The summed E-state index contributed by atoms with van der Waals surface area (Å²) in [5.41, 5.74) is 1.59. The number of nitriles is 1. The van der Waals surface area contributed by atoms with Crippen molar-refractivity contribution in [1.82, 2.24) is 15.3 Å². The minimum absolute atomic E-state index is 0.182. The second-order valence-electron chi connectivity index (χ2n) is 5.78. The molecule has 128 valence electrons. The highest BCUT2D eigenvalue weighted by molar-refractivity contribution is 5.94. The Hall–Kier alpha value is -2.98. The number of rotatable bonds is 4. The maximum atomic E-state index is 12.4. The van der Waals surface area contributed by atoms with Gasteiger partial charge in [0.05, 0.1) is 24.4 Å². The molecule has 0 aliphatic carbocycles. The molecular weight excluding hydrogens is 320 g/mol. The van der Waals surface area contributed by atoms with E-state index in [4.69, 9.17) is 14.7 Å². The van der Waals surface area contributed by atoms with Crippen molar-refractivity contribution in [3.05, 3.63) is 53.6 Å². The van der Waals surface area contributed by atoms with Crippen molar-refractivity contribution in [1.29, 1.82) is 5.26 Å². The third kappa shape index (κ3) is 4.31. The first kappa shape index (κ1) is 16.9. The Balaban J connectivity index is 1.66. The van der Waals surface area contributed by atoms with E-state index >= 15 is 0 Å². The van der Waals surface area contributed by atoms with Crippen LogP contribution in [0, 0.1) is 18.3 Å². The molecule has 0 bridgehead atoms. The molecule has 0 aromatic carbocycles. The van der Waals surface area contributed by atoms with Crippen LogP contribution < -0.4 is 10.1 Å². The van der Waals surface area contributed by atoms with Gasteiger partial charge >= 0.3 is 0 Å². The SMILES string of the molecule is Cc1ccc(O[C@@H]2COCC[C@@H]2NC(=O)c2ccc(C#N)nc2)cn1. The van der Waals surface area contributed by atoms with Gasteiger partial charge in [-0.15, -0.1) is 0 Å². The predicted octanol–water partition coefficient (Wildman–Crippen LogP) is 1.62. The number of aromatic nitrogens is 2. The lowest BCUT2D eigenvalue weighted by Gasteiger charge is -2.32. The number of pyridine rings is 2. The molecule has 3 rings (SSSR count). The van der Waals surface area contributed by atoms with Gasteiger partial charge in [-0.3, -0.25) is 9.78 Å². The van der Waals surface area contributed by atoms with Gasteiger partial charge in [-0.1, -0.05) is 0 Å². The summed E-state index contributed by atoms with van der Waals surface area (Å²) in [4.78, 5) is 20.5. The Labute approximate surface area is 145 Å². The van der Waals surface area contributed by atoms with Crippen LogP contribution in [0.1, 0.15) is 28.2 Å². The van der Waals surface area contributed by atoms with E-state index in [1.165, 1.54) is 12.3 Å². The lowest BCUT2D eigenvalue weighted by molar-refractivity contribution is -0.0136. The second kappa shape index (κ2) is 7.73. The fraction of sp³-hybridized carbons (Fsp3) is 0.333. The van der Waals surface area contributed by atoms with Crippen LogP contribution in [0.3, 0.4) is 0 Å². The summed E-state index contributed by atoms with van der Waals surface area (Å²) >= 11 is 0. The Morgan fingerprint density at radius 1 is 1.32 bits per heavy atom. The quantitative estimate of drug-likeness (QED) is 0.910. The molecule has 2 atom stereocenters. The highest BCUT2D eigenvalue weighted by Gasteiger charge is 2.29. The Bertz CT molecular complexity index is 768. The zero-order chi connectivity index (χ0) is 17.6. The molecule has 2 aromatic rings. The van der Waals surface area contributed by atoms with Crippen molar-refractivity contribution in [2.75, 3.05) is 13.2 Å². The van der Waals surface area contributed by atoms with Crippen molar-refractivity contribution >= 4 is 5.91 Å². The van der Waals surface area contributed by atoms with Gasteiger partial charge < -0.3 is 14.8 Å². The maximum absolute atomic E-state index is 12.4. The van der Waals surface area contributed by atoms with Gasteiger partial charge in [0, 0.05) is 18.5 Å². The highest BCUT2D eigenvalue weighted by atomic mass is 16.5. The fourth-order valence-electron chi connectivity index (χ4n) is 2.54. The number of hydrogen-bond donors (Lipinski definition) is 1. The average Bonchev–Trinajstić information content (AvgIpc) is 2.65. The molecule has 0 spiro atoms. The Morgan fingerprint density at radius 3 is 2.88 bits per heavy atom. The standard InChI is InChI=1S/C18H18N4O3/c1-12-2-5-15(10-20-12)25-17-11-24-7-6-16(17)22-18(23)13-3-4-14(8-19)21-9-13/h2-5,9-10,16-17H,6-7,11H2,1H3,(H,22,23)/t16-,17+/m0/s1. The molecule has 0 saturated carbocycles. The number of nitrogens with one attached hydrogen (secondary N) is 1. The van der Waals surface area contributed by atoms with E-state index in [-0.39, 0.29) is 23.7 Å². The molecule has 1 amide bonds. The smallest absolute Gasteiger partial charge is 0.253 e. The molecule has 25 heavy (non-hydrogen) atoms. The van der Waals surface area contributed by atoms with Crippen molar-refractivity contribution in [3.63, 3.8) is 0 Å². The number of hydrogen-bond acceptors (Lipinski definition) is 6. The minimum Gasteiger partial charge on any atom is -0.484 e. The van der Waals surface area contributed by atoms with E-state index in [1.54, 1.807) is 12.3 Å². The third-order valence-electron chi connectivity index (χ3n) is 3.93. The molecule has 2 aromatic heterocycles. The van der Waals surface area contributed by atoms with E-state index in [9.17, 15) is 4.79 Å². The number of aryl methyl sites for hydroxylation is 1. The average molecular weight is 338 g/mol. The summed E-state index contributed by atoms with van der Waals surface area (Å²) in [5.74, 6) is 0.389. The molecule has 7 nitrogen and oxygen atoms in total. The topological polar surface area (TPSA) is 97.1 Å². The van der Waals surface area contributed by atoms with Gasteiger partial charge in [0.15, 0.2) is 0 Å². The molecule has 1 fully saturated rings. The molecular formula is C18H18N4O3. The monoisotopic (exact) mass is 338 g/mol. The molecule has 7 heteroatoms.